The lowest BCUT2D eigenvalue weighted by molar-refractivity contribution is 0.199. The maximum Gasteiger partial charge on any atom is 0.317 e. The highest BCUT2D eigenvalue weighted by Crippen LogP contribution is 2.02. The van der Waals surface area contributed by atoms with E-state index in [9.17, 15) is 9.59 Å². The van der Waals surface area contributed by atoms with E-state index < -0.39 is 0 Å². The summed E-state index contributed by atoms with van der Waals surface area (Å²) in [6.07, 6.45) is 0. The summed E-state index contributed by atoms with van der Waals surface area (Å²) >= 11 is 0. The molecule has 0 aliphatic carbocycles. The Bertz CT molecular complexity index is 454. The Balaban J connectivity index is 2.57. The van der Waals surface area contributed by atoms with Crippen molar-refractivity contribution < 1.29 is 4.79 Å². The third kappa shape index (κ3) is 4.24. The number of hydrogen-bond donors (Lipinski definition) is 2. The number of amides is 2. The van der Waals surface area contributed by atoms with Crippen molar-refractivity contribution in [2.24, 2.45) is 5.92 Å². The normalized spacial score (nSPS) is 12.3. The third-order valence-corrected chi connectivity index (χ3v) is 2.93. The van der Waals surface area contributed by atoms with Crippen LogP contribution in [0, 0.1) is 5.92 Å². The van der Waals surface area contributed by atoms with Gasteiger partial charge in [0.2, 0.25) is 5.56 Å². The summed E-state index contributed by atoms with van der Waals surface area (Å²) in [6.45, 7) is 6.47. The van der Waals surface area contributed by atoms with Crippen LogP contribution in [0.4, 0.5) is 4.79 Å². The quantitative estimate of drug-likeness (QED) is 0.853. The second-order valence-corrected chi connectivity index (χ2v) is 4.88. The topological polar surface area (TPSA) is 65.2 Å². The summed E-state index contributed by atoms with van der Waals surface area (Å²) < 4.78 is 0. The van der Waals surface area contributed by atoms with E-state index in [1.54, 1.807) is 24.1 Å². The van der Waals surface area contributed by atoms with Crippen molar-refractivity contribution in [3.8, 4) is 0 Å². The molecule has 1 aromatic rings. The Morgan fingerprint density at radius 2 is 2.06 bits per heavy atom. The number of aromatic amines is 1. The highest BCUT2D eigenvalue weighted by atomic mass is 16.2. The minimum absolute atomic E-state index is 0.120. The zero-order valence-corrected chi connectivity index (χ0v) is 11.4. The number of H-pyrrole nitrogens is 1. The summed E-state index contributed by atoms with van der Waals surface area (Å²) in [4.78, 5) is 27.2. The second kappa shape index (κ2) is 6.23. The molecule has 0 bridgehead atoms. The number of nitrogens with zero attached hydrogens (tertiary/aromatic N) is 1. The summed E-state index contributed by atoms with van der Waals surface area (Å²) in [5, 5.41) is 2.91. The number of pyridine rings is 1. The minimum atomic E-state index is -0.156. The minimum Gasteiger partial charge on any atom is -0.335 e. The lowest BCUT2D eigenvalue weighted by Gasteiger charge is -2.23. The zero-order valence-electron chi connectivity index (χ0n) is 11.4. The Labute approximate surface area is 107 Å². The number of aromatic nitrogens is 1. The van der Waals surface area contributed by atoms with Gasteiger partial charge in [-0.1, -0.05) is 19.9 Å². The van der Waals surface area contributed by atoms with E-state index in [0.29, 0.717) is 12.5 Å². The van der Waals surface area contributed by atoms with Gasteiger partial charge in [-0.3, -0.25) is 4.79 Å². The molecule has 0 aromatic carbocycles. The maximum absolute atomic E-state index is 11.9. The predicted molar refractivity (Wildman–Crippen MR) is 71.4 cm³/mol. The number of hydrogen-bond acceptors (Lipinski definition) is 2. The van der Waals surface area contributed by atoms with Gasteiger partial charge >= 0.3 is 6.03 Å². The van der Waals surface area contributed by atoms with Crippen LogP contribution in [-0.2, 0) is 6.54 Å². The van der Waals surface area contributed by atoms with Crippen LogP contribution < -0.4 is 10.9 Å². The average molecular weight is 251 g/mol. The first-order valence-corrected chi connectivity index (χ1v) is 6.10. The molecule has 0 spiro atoms. The number of carbonyl (C=O) groups is 1. The smallest absolute Gasteiger partial charge is 0.317 e. The van der Waals surface area contributed by atoms with Gasteiger partial charge in [-0.25, -0.2) is 4.79 Å². The molecule has 2 N–H and O–H groups in total. The summed E-state index contributed by atoms with van der Waals surface area (Å²) in [6, 6.07) is 4.90. The van der Waals surface area contributed by atoms with Gasteiger partial charge in [-0.15, -0.1) is 0 Å². The summed E-state index contributed by atoms with van der Waals surface area (Å²) in [5.74, 6) is 0.388. The van der Waals surface area contributed by atoms with Gasteiger partial charge in [0.1, 0.15) is 0 Å². The van der Waals surface area contributed by atoms with Gasteiger partial charge in [-0.2, -0.15) is 0 Å². The monoisotopic (exact) mass is 251 g/mol. The first kappa shape index (κ1) is 14.3. The molecule has 1 atom stereocenters. The lowest BCUT2D eigenvalue weighted by Crippen LogP contribution is -2.43. The molecule has 0 saturated carbocycles. The highest BCUT2D eigenvalue weighted by molar-refractivity contribution is 5.74. The molecular formula is C13H21N3O2. The molecule has 0 unspecified atom stereocenters. The van der Waals surface area contributed by atoms with Crippen molar-refractivity contribution in [1.29, 1.82) is 0 Å². The molecule has 2 amide bonds. The molecule has 0 radical (unpaired) electrons. The Kier molecular flexibility index (Phi) is 4.95. The average Bonchev–Trinajstić information content (AvgIpc) is 2.28. The van der Waals surface area contributed by atoms with Crippen molar-refractivity contribution in [1.82, 2.24) is 15.2 Å². The second-order valence-electron chi connectivity index (χ2n) is 4.88. The zero-order chi connectivity index (χ0) is 13.7. The van der Waals surface area contributed by atoms with E-state index in [-0.39, 0.29) is 17.6 Å². The Morgan fingerprint density at radius 3 is 2.61 bits per heavy atom. The molecule has 18 heavy (non-hydrogen) atoms. The fourth-order valence-corrected chi connectivity index (χ4v) is 1.38. The SMILES string of the molecule is CC(C)[C@@H](C)NC(=O)N(C)Cc1cccc(=O)[nH]1. The van der Waals surface area contributed by atoms with Gasteiger partial charge in [0, 0.05) is 24.8 Å². The molecule has 5 nitrogen and oxygen atoms in total. The Hall–Kier alpha value is -1.78. The molecule has 0 fully saturated rings. The number of urea groups is 1. The molecule has 1 heterocycles. The van der Waals surface area contributed by atoms with E-state index in [0.717, 1.165) is 5.69 Å². The fraction of sp³-hybridized carbons (Fsp3) is 0.538. The van der Waals surface area contributed by atoms with Crippen molar-refractivity contribution >= 4 is 6.03 Å². The van der Waals surface area contributed by atoms with Gasteiger partial charge in [-0.05, 0) is 18.9 Å². The maximum atomic E-state index is 11.9. The van der Waals surface area contributed by atoms with Crippen molar-refractivity contribution in [2.45, 2.75) is 33.4 Å². The predicted octanol–water partition coefficient (Wildman–Crippen LogP) is 1.56. The first-order chi connectivity index (χ1) is 8.40. The van der Waals surface area contributed by atoms with Crippen LogP contribution >= 0.6 is 0 Å². The van der Waals surface area contributed by atoms with Gasteiger partial charge in [0.25, 0.3) is 0 Å². The number of nitrogens with one attached hydrogen (secondary N) is 2. The third-order valence-electron chi connectivity index (χ3n) is 2.93. The Morgan fingerprint density at radius 1 is 1.39 bits per heavy atom. The summed E-state index contributed by atoms with van der Waals surface area (Å²) in [5.41, 5.74) is 0.564. The molecule has 5 heteroatoms. The fourth-order valence-electron chi connectivity index (χ4n) is 1.38. The molecule has 0 aliphatic rings. The van der Waals surface area contributed by atoms with Crippen LogP contribution in [0.1, 0.15) is 26.5 Å². The van der Waals surface area contributed by atoms with Crippen LogP contribution in [0.5, 0.6) is 0 Å². The molecular weight excluding hydrogens is 230 g/mol. The molecule has 100 valence electrons. The summed E-state index contributed by atoms with van der Waals surface area (Å²) in [7, 11) is 1.70. The van der Waals surface area contributed by atoms with E-state index in [2.05, 4.69) is 24.1 Å². The highest BCUT2D eigenvalue weighted by Gasteiger charge is 2.14. The van der Waals surface area contributed by atoms with Gasteiger partial charge in [0.05, 0.1) is 6.54 Å². The van der Waals surface area contributed by atoms with E-state index >= 15 is 0 Å². The van der Waals surface area contributed by atoms with Gasteiger partial charge in [0.15, 0.2) is 0 Å². The largest absolute Gasteiger partial charge is 0.335 e. The lowest BCUT2D eigenvalue weighted by atomic mass is 10.1. The van der Waals surface area contributed by atoms with E-state index in [1.807, 2.05) is 6.92 Å². The van der Waals surface area contributed by atoms with Crippen LogP contribution in [-0.4, -0.2) is 29.0 Å². The van der Waals surface area contributed by atoms with Crippen LogP contribution in [0.15, 0.2) is 23.0 Å². The van der Waals surface area contributed by atoms with Gasteiger partial charge < -0.3 is 15.2 Å². The van der Waals surface area contributed by atoms with Crippen molar-refractivity contribution in [3.63, 3.8) is 0 Å². The molecule has 1 rings (SSSR count). The molecule has 0 saturated heterocycles. The van der Waals surface area contributed by atoms with Crippen LogP contribution in [0.2, 0.25) is 0 Å². The first-order valence-electron chi connectivity index (χ1n) is 6.10. The number of carbonyl (C=O) groups excluding carboxylic acids is 1. The van der Waals surface area contributed by atoms with E-state index in [1.165, 1.54) is 6.07 Å². The van der Waals surface area contributed by atoms with Crippen LogP contribution in [0.3, 0.4) is 0 Å². The molecule has 1 aromatic heterocycles. The number of rotatable bonds is 4. The van der Waals surface area contributed by atoms with Crippen LogP contribution in [0.25, 0.3) is 0 Å². The standard InChI is InChI=1S/C13H21N3O2/c1-9(2)10(3)14-13(18)16(4)8-11-6-5-7-12(17)15-11/h5-7,9-10H,8H2,1-4H3,(H,14,18)(H,15,17)/t10-/m1/s1. The van der Waals surface area contributed by atoms with Crippen molar-refractivity contribution in [3.05, 3.63) is 34.2 Å². The van der Waals surface area contributed by atoms with E-state index in [4.69, 9.17) is 0 Å². The molecule has 0 aliphatic heterocycles. The van der Waals surface area contributed by atoms with Crippen molar-refractivity contribution in [2.75, 3.05) is 7.05 Å².